The molecule has 11 heteroatoms. The van der Waals surface area contributed by atoms with Gasteiger partial charge in [0.25, 0.3) is 0 Å². The maximum atomic E-state index is 13.6. The van der Waals surface area contributed by atoms with Crippen molar-refractivity contribution in [2.75, 3.05) is 18.0 Å². The largest absolute Gasteiger partial charge is 0.488 e. The zero-order chi connectivity index (χ0) is 29.1. The van der Waals surface area contributed by atoms with E-state index in [1.54, 1.807) is 17.5 Å². The molecule has 0 spiro atoms. The van der Waals surface area contributed by atoms with Gasteiger partial charge < -0.3 is 14.7 Å². The molecule has 0 aliphatic carbocycles. The third-order valence-corrected chi connectivity index (χ3v) is 8.01. The third kappa shape index (κ3) is 6.33. The van der Waals surface area contributed by atoms with Crippen LogP contribution in [0.15, 0.2) is 60.1 Å². The van der Waals surface area contributed by atoms with Crippen molar-refractivity contribution in [3.05, 3.63) is 82.4 Å². The topological polar surface area (TPSA) is 99.3 Å². The number of ether oxygens (including phenoxy) is 1. The summed E-state index contributed by atoms with van der Waals surface area (Å²) in [7, 11) is 0. The third-order valence-electron chi connectivity index (χ3n) is 7.10. The normalized spacial score (nSPS) is 14.1. The maximum Gasteiger partial charge on any atom is 0.416 e. The van der Waals surface area contributed by atoms with Crippen molar-refractivity contribution in [2.45, 2.75) is 32.5 Å². The fraction of sp³-hybridized carbons (Fsp3) is 0.267. The Morgan fingerprint density at radius 2 is 1.93 bits per heavy atom. The number of aliphatic carboxylic acids is 1. The molecule has 0 unspecified atom stereocenters. The van der Waals surface area contributed by atoms with Gasteiger partial charge in [0, 0.05) is 35.8 Å². The van der Waals surface area contributed by atoms with Crippen molar-refractivity contribution >= 4 is 22.4 Å². The van der Waals surface area contributed by atoms with Gasteiger partial charge in [-0.15, -0.1) is 11.3 Å². The predicted octanol–water partition coefficient (Wildman–Crippen LogP) is 6.95. The molecule has 0 saturated carbocycles. The molecular weight excluding hydrogens is 553 g/mol. The number of anilines is 1. The summed E-state index contributed by atoms with van der Waals surface area (Å²) in [5, 5.41) is 20.6. The molecule has 2 aromatic carbocycles. The first-order chi connectivity index (χ1) is 19.6. The molecule has 1 aliphatic rings. The molecule has 210 valence electrons. The summed E-state index contributed by atoms with van der Waals surface area (Å²) in [5.41, 5.74) is 3.63. The van der Waals surface area contributed by atoms with Gasteiger partial charge in [-0.3, -0.25) is 9.78 Å². The Balaban J connectivity index is 1.37. The highest BCUT2D eigenvalue weighted by molar-refractivity contribution is 7.14. The second-order valence-corrected chi connectivity index (χ2v) is 10.6. The number of alkyl halides is 3. The van der Waals surface area contributed by atoms with Gasteiger partial charge >= 0.3 is 12.1 Å². The van der Waals surface area contributed by atoms with E-state index in [1.807, 2.05) is 36.1 Å². The summed E-state index contributed by atoms with van der Waals surface area (Å²) < 4.78 is 46.9. The van der Waals surface area contributed by atoms with Crippen LogP contribution in [0.25, 0.3) is 22.5 Å². The summed E-state index contributed by atoms with van der Waals surface area (Å²) in [5.74, 6) is -0.935. The highest BCUT2D eigenvalue weighted by Crippen LogP contribution is 2.39. The molecule has 7 nitrogen and oxygen atoms in total. The number of nitrogens with zero attached hydrogens (tertiary/aromatic N) is 4. The van der Waals surface area contributed by atoms with E-state index in [-0.39, 0.29) is 17.9 Å². The van der Waals surface area contributed by atoms with Crippen molar-refractivity contribution in [1.29, 1.82) is 5.26 Å². The Hall–Kier alpha value is -4.43. The molecule has 0 atom stereocenters. The number of thiazole rings is 1. The van der Waals surface area contributed by atoms with Gasteiger partial charge in [0.15, 0.2) is 5.13 Å². The van der Waals surface area contributed by atoms with Crippen molar-refractivity contribution < 1.29 is 27.8 Å². The molecule has 41 heavy (non-hydrogen) atoms. The van der Waals surface area contributed by atoms with Gasteiger partial charge in [0.1, 0.15) is 18.4 Å². The van der Waals surface area contributed by atoms with E-state index >= 15 is 0 Å². The number of carbonyl (C=O) groups is 1. The van der Waals surface area contributed by atoms with Crippen LogP contribution >= 0.6 is 11.3 Å². The Bertz CT molecular complexity index is 1600. The minimum atomic E-state index is -4.53. The first kappa shape index (κ1) is 28.1. The molecule has 3 heterocycles. The number of carboxylic acid groups (broad SMARTS) is 1. The SMILES string of the molecule is Cc1cc(-c2ccc(C#N)cn2)ccc1COc1ccc(C(F)(F)F)cc1-c1csc(N2CCC(C(=O)O)CC2)n1. The molecule has 2 aromatic heterocycles. The van der Waals surface area contributed by atoms with Gasteiger partial charge in [0.05, 0.1) is 28.4 Å². The van der Waals surface area contributed by atoms with Crippen molar-refractivity contribution in [1.82, 2.24) is 9.97 Å². The van der Waals surface area contributed by atoms with E-state index in [9.17, 15) is 23.1 Å². The zero-order valence-electron chi connectivity index (χ0n) is 22.0. The average molecular weight is 579 g/mol. The second kappa shape index (κ2) is 11.6. The van der Waals surface area contributed by atoms with Crippen LogP contribution in [0, 0.1) is 24.2 Å². The monoisotopic (exact) mass is 578 g/mol. The molecule has 0 radical (unpaired) electrons. The fourth-order valence-corrected chi connectivity index (χ4v) is 5.57. The van der Waals surface area contributed by atoms with Gasteiger partial charge in [-0.05, 0) is 67.3 Å². The number of nitriles is 1. The number of hydrogen-bond acceptors (Lipinski definition) is 7. The summed E-state index contributed by atoms with van der Waals surface area (Å²) in [6.07, 6.45) is -2.05. The number of pyridine rings is 1. The smallest absolute Gasteiger partial charge is 0.416 e. The van der Waals surface area contributed by atoms with E-state index in [2.05, 4.69) is 9.97 Å². The van der Waals surface area contributed by atoms with E-state index in [1.165, 1.54) is 23.6 Å². The van der Waals surface area contributed by atoms with Gasteiger partial charge in [-0.1, -0.05) is 12.1 Å². The summed E-state index contributed by atoms with van der Waals surface area (Å²) in [6.45, 7) is 3.08. The lowest BCUT2D eigenvalue weighted by atomic mass is 9.97. The minimum absolute atomic E-state index is 0.130. The standard InChI is InChI=1S/C30H25F3N4O3S/c1-18-12-21(25-6-2-19(14-34)15-35-25)3-4-22(18)16-40-27-7-5-23(30(31,32)33)13-24(27)26-17-41-29(36-26)37-10-8-20(9-11-37)28(38)39/h2-7,12-13,15,17,20H,8-11,16H2,1H3,(H,38,39). The number of carboxylic acids is 1. The minimum Gasteiger partial charge on any atom is -0.488 e. The second-order valence-electron chi connectivity index (χ2n) is 9.80. The molecule has 1 N–H and O–H groups in total. The van der Waals surface area contributed by atoms with Crippen molar-refractivity contribution in [3.8, 4) is 34.3 Å². The van der Waals surface area contributed by atoms with Crippen LogP contribution in [0.5, 0.6) is 5.75 Å². The lowest BCUT2D eigenvalue weighted by Crippen LogP contribution is -2.36. The predicted molar refractivity (Wildman–Crippen MR) is 149 cm³/mol. The molecule has 0 bridgehead atoms. The highest BCUT2D eigenvalue weighted by Gasteiger charge is 2.32. The number of aryl methyl sites for hydroxylation is 1. The Labute approximate surface area is 238 Å². The molecule has 0 amide bonds. The van der Waals surface area contributed by atoms with Crippen LogP contribution in [0.4, 0.5) is 18.3 Å². The van der Waals surface area contributed by atoms with Gasteiger partial charge in [-0.25, -0.2) is 4.98 Å². The number of halogens is 3. The summed E-state index contributed by atoms with van der Waals surface area (Å²) >= 11 is 1.31. The van der Waals surface area contributed by atoms with Crippen LogP contribution < -0.4 is 9.64 Å². The van der Waals surface area contributed by atoms with Crippen molar-refractivity contribution in [2.24, 2.45) is 5.92 Å². The van der Waals surface area contributed by atoms with E-state index in [0.717, 1.165) is 34.5 Å². The molecule has 1 fully saturated rings. The van der Waals surface area contributed by atoms with Crippen LogP contribution in [0.1, 0.15) is 35.1 Å². The van der Waals surface area contributed by atoms with Crippen LogP contribution in [0.2, 0.25) is 0 Å². The van der Waals surface area contributed by atoms with Gasteiger partial charge in [-0.2, -0.15) is 18.4 Å². The molecule has 4 aromatic rings. The number of aromatic nitrogens is 2. The zero-order valence-corrected chi connectivity index (χ0v) is 22.8. The average Bonchev–Trinajstić information content (AvgIpc) is 3.46. The Kier molecular flexibility index (Phi) is 7.94. The Morgan fingerprint density at radius 3 is 2.56 bits per heavy atom. The van der Waals surface area contributed by atoms with Crippen LogP contribution in [0.3, 0.4) is 0 Å². The highest BCUT2D eigenvalue weighted by atomic mass is 32.1. The lowest BCUT2D eigenvalue weighted by molar-refractivity contribution is -0.142. The quantitative estimate of drug-likeness (QED) is 0.253. The molecular formula is C30H25F3N4O3S. The first-order valence-electron chi connectivity index (χ1n) is 12.9. The molecule has 1 aliphatic heterocycles. The first-order valence-corrected chi connectivity index (χ1v) is 13.7. The number of rotatable bonds is 7. The van der Waals surface area contributed by atoms with Crippen LogP contribution in [-0.2, 0) is 17.6 Å². The molecule has 5 rings (SSSR count). The Morgan fingerprint density at radius 1 is 1.15 bits per heavy atom. The number of hydrogen-bond donors (Lipinski definition) is 1. The van der Waals surface area contributed by atoms with Crippen molar-refractivity contribution in [3.63, 3.8) is 0 Å². The van der Waals surface area contributed by atoms with Crippen LogP contribution in [-0.4, -0.2) is 34.1 Å². The summed E-state index contributed by atoms with van der Waals surface area (Å²) in [4.78, 5) is 22.2. The summed E-state index contributed by atoms with van der Waals surface area (Å²) in [6, 6.07) is 14.6. The number of benzene rings is 2. The van der Waals surface area contributed by atoms with E-state index in [4.69, 9.17) is 10.00 Å². The fourth-order valence-electron chi connectivity index (χ4n) is 4.69. The number of piperidine rings is 1. The lowest BCUT2D eigenvalue weighted by Gasteiger charge is -2.29. The van der Waals surface area contributed by atoms with E-state index in [0.29, 0.717) is 42.3 Å². The maximum absolute atomic E-state index is 13.6. The van der Waals surface area contributed by atoms with E-state index < -0.39 is 23.6 Å². The molecule has 1 saturated heterocycles. The van der Waals surface area contributed by atoms with Gasteiger partial charge in [0.2, 0.25) is 0 Å².